The van der Waals surface area contributed by atoms with E-state index in [1.54, 1.807) is 18.2 Å². The Bertz CT molecular complexity index is 761. The number of fused-ring (bicyclic) bond motifs is 1. The first-order valence-electron chi connectivity index (χ1n) is 6.12. The normalized spacial score (nSPS) is 10.7. The van der Waals surface area contributed by atoms with Gasteiger partial charge in [-0.15, -0.1) is 0 Å². The zero-order valence-electron chi connectivity index (χ0n) is 10.6. The highest BCUT2D eigenvalue weighted by atomic mass is 19.1. The van der Waals surface area contributed by atoms with Gasteiger partial charge in [-0.3, -0.25) is 0 Å². The molecule has 0 saturated carbocycles. The molecule has 0 saturated heterocycles. The second kappa shape index (κ2) is 5.13. The summed E-state index contributed by atoms with van der Waals surface area (Å²) in [6.45, 7) is 0.0594. The highest BCUT2D eigenvalue weighted by molar-refractivity contribution is 5.76. The number of nitrogens with two attached hydrogens (primary N) is 1. The molecular weight excluding hydrogens is 257 g/mol. The molecule has 1 heterocycles. The van der Waals surface area contributed by atoms with Gasteiger partial charge in [0.1, 0.15) is 12.4 Å². The molecule has 20 heavy (non-hydrogen) atoms. The largest absolute Gasteiger partial charge is 0.470 e. The predicted octanol–water partition coefficient (Wildman–Crippen LogP) is 2.93. The molecule has 5 heteroatoms. The molecule has 100 valence electrons. The van der Waals surface area contributed by atoms with Crippen molar-refractivity contribution in [3.05, 3.63) is 59.9 Å². The van der Waals surface area contributed by atoms with Crippen LogP contribution in [0.2, 0.25) is 0 Å². The van der Waals surface area contributed by atoms with E-state index in [1.807, 2.05) is 24.3 Å². The molecule has 3 rings (SSSR count). The first kappa shape index (κ1) is 12.3. The van der Waals surface area contributed by atoms with Gasteiger partial charge in [-0.05, 0) is 18.2 Å². The molecule has 0 aliphatic carbocycles. The Morgan fingerprint density at radius 2 is 1.60 bits per heavy atom. The molecular formula is C15H12FN3O. The number of rotatable bonds is 3. The number of nitrogens with zero attached hydrogens (tertiary/aromatic N) is 2. The van der Waals surface area contributed by atoms with Crippen molar-refractivity contribution in [2.24, 2.45) is 0 Å². The Labute approximate surface area is 115 Å². The van der Waals surface area contributed by atoms with Gasteiger partial charge in [0.25, 0.3) is 5.88 Å². The third kappa shape index (κ3) is 2.38. The van der Waals surface area contributed by atoms with Crippen LogP contribution in [0.3, 0.4) is 0 Å². The molecule has 0 atom stereocenters. The van der Waals surface area contributed by atoms with Gasteiger partial charge in [-0.2, -0.15) is 0 Å². The predicted molar refractivity (Wildman–Crippen MR) is 74.7 cm³/mol. The summed E-state index contributed by atoms with van der Waals surface area (Å²) in [5.41, 5.74) is 7.63. The molecule has 0 aliphatic heterocycles. The van der Waals surface area contributed by atoms with E-state index in [2.05, 4.69) is 9.97 Å². The number of hydrogen-bond donors (Lipinski definition) is 1. The van der Waals surface area contributed by atoms with Gasteiger partial charge in [0.05, 0.1) is 11.0 Å². The van der Waals surface area contributed by atoms with Gasteiger partial charge in [0.15, 0.2) is 5.82 Å². The van der Waals surface area contributed by atoms with Crippen LogP contribution in [0.25, 0.3) is 11.0 Å². The number of halogens is 1. The van der Waals surface area contributed by atoms with Crippen LogP contribution >= 0.6 is 0 Å². The molecule has 0 radical (unpaired) electrons. The number of anilines is 1. The van der Waals surface area contributed by atoms with Gasteiger partial charge < -0.3 is 10.5 Å². The topological polar surface area (TPSA) is 61.0 Å². The smallest absolute Gasteiger partial charge is 0.258 e. The highest BCUT2D eigenvalue weighted by Gasteiger charge is 2.08. The Kier molecular flexibility index (Phi) is 3.16. The van der Waals surface area contributed by atoms with Crippen molar-refractivity contribution < 1.29 is 9.13 Å². The molecule has 0 spiro atoms. The summed E-state index contributed by atoms with van der Waals surface area (Å²) in [5.74, 6) is 0.0896. The molecule has 0 aliphatic rings. The second-order valence-corrected chi connectivity index (χ2v) is 4.28. The van der Waals surface area contributed by atoms with Gasteiger partial charge in [-0.25, -0.2) is 14.4 Å². The van der Waals surface area contributed by atoms with Crippen LogP contribution in [0.15, 0.2) is 48.5 Å². The number of para-hydroxylation sites is 2. The van der Waals surface area contributed by atoms with Crippen LogP contribution in [0.1, 0.15) is 5.56 Å². The lowest BCUT2D eigenvalue weighted by Crippen LogP contribution is -2.04. The van der Waals surface area contributed by atoms with Crippen molar-refractivity contribution in [3.63, 3.8) is 0 Å². The molecule has 0 bridgehead atoms. The minimum atomic E-state index is -0.320. The van der Waals surface area contributed by atoms with Crippen molar-refractivity contribution in [1.82, 2.24) is 9.97 Å². The standard InChI is InChI=1S/C15H12FN3O/c16-11-6-2-1-5-10(11)9-20-15-14(17)18-12-7-3-4-8-13(12)19-15/h1-8H,9H2,(H2,17,18). The monoisotopic (exact) mass is 269 g/mol. The first-order valence-corrected chi connectivity index (χ1v) is 6.12. The van der Waals surface area contributed by atoms with E-state index >= 15 is 0 Å². The fourth-order valence-corrected chi connectivity index (χ4v) is 1.87. The quantitative estimate of drug-likeness (QED) is 0.794. The summed E-state index contributed by atoms with van der Waals surface area (Å²) < 4.78 is 19.0. The molecule has 3 aromatic rings. The third-order valence-corrected chi connectivity index (χ3v) is 2.89. The Balaban J connectivity index is 1.87. The van der Waals surface area contributed by atoms with E-state index in [1.165, 1.54) is 6.07 Å². The summed E-state index contributed by atoms with van der Waals surface area (Å²) in [5, 5.41) is 0. The lowest BCUT2D eigenvalue weighted by Gasteiger charge is -2.09. The number of benzene rings is 2. The Hall–Kier alpha value is -2.69. The maximum absolute atomic E-state index is 13.5. The lowest BCUT2D eigenvalue weighted by molar-refractivity contribution is 0.290. The molecule has 0 fully saturated rings. The van der Waals surface area contributed by atoms with E-state index in [9.17, 15) is 4.39 Å². The van der Waals surface area contributed by atoms with Crippen LogP contribution in [0, 0.1) is 5.82 Å². The zero-order chi connectivity index (χ0) is 13.9. The van der Waals surface area contributed by atoms with Crippen LogP contribution in [0.4, 0.5) is 10.2 Å². The zero-order valence-corrected chi connectivity index (χ0v) is 10.6. The van der Waals surface area contributed by atoms with Crippen molar-refractivity contribution in [3.8, 4) is 5.88 Å². The number of ether oxygens (including phenoxy) is 1. The first-order chi connectivity index (χ1) is 9.74. The summed E-state index contributed by atoms with van der Waals surface area (Å²) in [6.07, 6.45) is 0. The van der Waals surface area contributed by atoms with Crippen molar-refractivity contribution in [1.29, 1.82) is 0 Å². The maximum Gasteiger partial charge on any atom is 0.258 e. The average molecular weight is 269 g/mol. The SMILES string of the molecule is Nc1nc2ccccc2nc1OCc1ccccc1F. The van der Waals surface area contributed by atoms with Crippen LogP contribution in [-0.2, 0) is 6.61 Å². The van der Waals surface area contributed by atoms with E-state index in [0.29, 0.717) is 16.6 Å². The summed E-state index contributed by atoms with van der Waals surface area (Å²) in [4.78, 5) is 8.49. The van der Waals surface area contributed by atoms with Gasteiger partial charge in [0.2, 0.25) is 0 Å². The minimum absolute atomic E-state index is 0.0594. The maximum atomic E-state index is 13.5. The van der Waals surface area contributed by atoms with Crippen molar-refractivity contribution in [2.45, 2.75) is 6.61 Å². The van der Waals surface area contributed by atoms with E-state index < -0.39 is 0 Å². The molecule has 0 unspecified atom stereocenters. The molecule has 1 aromatic heterocycles. The molecule has 4 nitrogen and oxygen atoms in total. The lowest BCUT2D eigenvalue weighted by atomic mass is 10.2. The second-order valence-electron chi connectivity index (χ2n) is 4.28. The third-order valence-electron chi connectivity index (χ3n) is 2.89. The number of aromatic nitrogens is 2. The summed E-state index contributed by atoms with van der Waals surface area (Å²) >= 11 is 0. The van der Waals surface area contributed by atoms with Crippen molar-refractivity contribution >= 4 is 16.9 Å². The van der Waals surface area contributed by atoms with Gasteiger partial charge in [-0.1, -0.05) is 30.3 Å². The fraction of sp³-hybridized carbons (Fsp3) is 0.0667. The molecule has 2 aromatic carbocycles. The van der Waals surface area contributed by atoms with Crippen LogP contribution in [0.5, 0.6) is 5.88 Å². The molecule has 2 N–H and O–H groups in total. The van der Waals surface area contributed by atoms with E-state index in [0.717, 1.165) is 0 Å². The molecule has 0 amide bonds. The van der Waals surface area contributed by atoms with Crippen molar-refractivity contribution in [2.75, 3.05) is 5.73 Å². The fourth-order valence-electron chi connectivity index (χ4n) is 1.87. The van der Waals surface area contributed by atoms with E-state index in [4.69, 9.17) is 10.5 Å². The van der Waals surface area contributed by atoms with Gasteiger partial charge in [0, 0.05) is 5.56 Å². The number of hydrogen-bond acceptors (Lipinski definition) is 4. The van der Waals surface area contributed by atoms with Crippen LogP contribution in [-0.4, -0.2) is 9.97 Å². The van der Waals surface area contributed by atoms with Crippen LogP contribution < -0.4 is 10.5 Å². The minimum Gasteiger partial charge on any atom is -0.470 e. The summed E-state index contributed by atoms with van der Waals surface area (Å²) in [7, 11) is 0. The number of nitrogen functional groups attached to an aromatic ring is 1. The Morgan fingerprint density at radius 3 is 2.35 bits per heavy atom. The Morgan fingerprint density at radius 1 is 0.950 bits per heavy atom. The van der Waals surface area contributed by atoms with Gasteiger partial charge >= 0.3 is 0 Å². The highest BCUT2D eigenvalue weighted by Crippen LogP contribution is 2.21. The average Bonchev–Trinajstić information content (AvgIpc) is 2.46. The summed E-state index contributed by atoms with van der Waals surface area (Å²) in [6, 6.07) is 13.8. The van der Waals surface area contributed by atoms with E-state index in [-0.39, 0.29) is 24.1 Å².